The first kappa shape index (κ1) is 12.6. The molecule has 3 heteroatoms. The number of rotatable bonds is 5. The predicted molar refractivity (Wildman–Crippen MR) is 72.3 cm³/mol. The Kier molecular flexibility index (Phi) is 4.31. The maximum atomic E-state index is 11.4. The molecular formula is C15H17NO2. The van der Waals surface area contributed by atoms with Crippen LogP contribution in [0.25, 0.3) is 10.8 Å². The first-order valence-corrected chi connectivity index (χ1v) is 6.03. The number of hydrogen-bond acceptors (Lipinski definition) is 2. The molecule has 0 atom stereocenters. The molecule has 2 rings (SSSR count). The highest BCUT2D eigenvalue weighted by molar-refractivity contribution is 5.83. The van der Waals surface area contributed by atoms with Crippen LogP contribution in [0.4, 0.5) is 0 Å². The third kappa shape index (κ3) is 3.31. The van der Waals surface area contributed by atoms with Crippen LogP contribution >= 0.6 is 0 Å². The first-order chi connectivity index (χ1) is 8.79. The van der Waals surface area contributed by atoms with E-state index in [1.54, 1.807) is 7.11 Å². The second-order valence-corrected chi connectivity index (χ2v) is 4.21. The van der Waals surface area contributed by atoms with Crippen molar-refractivity contribution in [1.82, 2.24) is 5.32 Å². The lowest BCUT2D eigenvalue weighted by atomic mass is 10.0. The molecule has 1 amide bonds. The number of nitrogens with one attached hydrogen (secondary N) is 1. The van der Waals surface area contributed by atoms with Crippen molar-refractivity contribution in [3.05, 3.63) is 48.0 Å². The van der Waals surface area contributed by atoms with E-state index in [1.165, 1.54) is 16.3 Å². The van der Waals surface area contributed by atoms with Gasteiger partial charge in [0.05, 0.1) is 0 Å². The summed E-state index contributed by atoms with van der Waals surface area (Å²) in [6.45, 7) is 0.274. The van der Waals surface area contributed by atoms with Gasteiger partial charge in [0.1, 0.15) is 6.73 Å². The molecule has 0 saturated carbocycles. The summed E-state index contributed by atoms with van der Waals surface area (Å²) in [6.07, 6.45) is 1.24. The van der Waals surface area contributed by atoms with Crippen LogP contribution in [0.5, 0.6) is 0 Å². The molecule has 2 aromatic rings. The molecule has 1 N–H and O–H groups in total. The predicted octanol–water partition coefficient (Wildman–Crippen LogP) is 2.49. The van der Waals surface area contributed by atoms with Gasteiger partial charge in [-0.2, -0.15) is 0 Å². The van der Waals surface area contributed by atoms with Gasteiger partial charge in [-0.1, -0.05) is 42.5 Å². The number of aryl methyl sites for hydroxylation is 1. The standard InChI is InChI=1S/C15H17NO2/c1-18-11-16-15(17)9-7-12-6-8-13-4-2-3-5-14(13)10-12/h2-6,8,10H,7,9,11H2,1H3,(H,16,17). The van der Waals surface area contributed by atoms with Crippen molar-refractivity contribution in [2.75, 3.05) is 13.8 Å². The molecule has 0 unspecified atom stereocenters. The molecule has 2 aromatic carbocycles. The van der Waals surface area contributed by atoms with Gasteiger partial charge in [0.2, 0.25) is 5.91 Å². The first-order valence-electron chi connectivity index (χ1n) is 6.03. The van der Waals surface area contributed by atoms with Crippen LogP contribution in [0, 0.1) is 0 Å². The molecule has 0 aliphatic heterocycles. The van der Waals surface area contributed by atoms with E-state index in [-0.39, 0.29) is 12.6 Å². The van der Waals surface area contributed by atoms with Crippen molar-refractivity contribution in [2.45, 2.75) is 12.8 Å². The van der Waals surface area contributed by atoms with Gasteiger partial charge < -0.3 is 10.1 Å². The van der Waals surface area contributed by atoms with E-state index in [1.807, 2.05) is 12.1 Å². The average molecular weight is 243 g/mol. The number of carbonyl (C=O) groups is 1. The van der Waals surface area contributed by atoms with Gasteiger partial charge in [-0.05, 0) is 22.8 Å². The molecule has 0 spiro atoms. The lowest BCUT2D eigenvalue weighted by Gasteiger charge is -2.05. The molecular weight excluding hydrogens is 226 g/mol. The lowest BCUT2D eigenvalue weighted by molar-refractivity contribution is -0.122. The Morgan fingerprint density at radius 3 is 2.72 bits per heavy atom. The second kappa shape index (κ2) is 6.17. The number of ether oxygens (including phenoxy) is 1. The zero-order valence-corrected chi connectivity index (χ0v) is 10.5. The van der Waals surface area contributed by atoms with Crippen LogP contribution in [0.2, 0.25) is 0 Å². The van der Waals surface area contributed by atoms with Crippen LogP contribution in [0.1, 0.15) is 12.0 Å². The zero-order valence-electron chi connectivity index (χ0n) is 10.5. The summed E-state index contributed by atoms with van der Waals surface area (Å²) in [7, 11) is 1.56. The Bertz CT molecular complexity index is 537. The molecule has 0 aliphatic rings. The average Bonchev–Trinajstić information content (AvgIpc) is 2.42. The van der Waals surface area contributed by atoms with E-state index >= 15 is 0 Å². The Labute approximate surface area is 107 Å². The van der Waals surface area contributed by atoms with E-state index in [9.17, 15) is 4.79 Å². The Balaban J connectivity index is 1.97. The fraction of sp³-hybridized carbons (Fsp3) is 0.267. The molecule has 0 radical (unpaired) electrons. The highest BCUT2D eigenvalue weighted by atomic mass is 16.5. The SMILES string of the molecule is COCNC(=O)CCc1ccc2ccccc2c1. The van der Waals surface area contributed by atoms with E-state index in [4.69, 9.17) is 4.74 Å². The fourth-order valence-electron chi connectivity index (χ4n) is 1.89. The molecule has 94 valence electrons. The number of fused-ring (bicyclic) bond motifs is 1. The summed E-state index contributed by atoms with van der Waals surface area (Å²) in [5.74, 6) is 0.0185. The summed E-state index contributed by atoms with van der Waals surface area (Å²) in [6, 6.07) is 14.5. The quantitative estimate of drug-likeness (QED) is 0.819. The van der Waals surface area contributed by atoms with Crippen molar-refractivity contribution in [2.24, 2.45) is 0 Å². The van der Waals surface area contributed by atoms with Crippen molar-refractivity contribution < 1.29 is 9.53 Å². The zero-order chi connectivity index (χ0) is 12.8. The van der Waals surface area contributed by atoms with Crippen LogP contribution in [0.15, 0.2) is 42.5 Å². The summed E-state index contributed by atoms with van der Waals surface area (Å²) in [4.78, 5) is 11.4. The minimum atomic E-state index is 0.0185. The van der Waals surface area contributed by atoms with Gasteiger partial charge in [0, 0.05) is 13.5 Å². The highest BCUT2D eigenvalue weighted by Gasteiger charge is 2.02. The molecule has 0 fully saturated rings. The number of methoxy groups -OCH3 is 1. The van der Waals surface area contributed by atoms with Gasteiger partial charge in [-0.3, -0.25) is 4.79 Å². The third-order valence-electron chi connectivity index (χ3n) is 2.87. The Morgan fingerprint density at radius 1 is 1.17 bits per heavy atom. The number of benzene rings is 2. The van der Waals surface area contributed by atoms with Crippen molar-refractivity contribution in [1.29, 1.82) is 0 Å². The Hall–Kier alpha value is -1.87. The smallest absolute Gasteiger partial charge is 0.222 e. The highest BCUT2D eigenvalue weighted by Crippen LogP contribution is 2.16. The van der Waals surface area contributed by atoms with E-state index < -0.39 is 0 Å². The van der Waals surface area contributed by atoms with E-state index in [0.29, 0.717) is 6.42 Å². The number of amides is 1. The summed E-state index contributed by atoms with van der Waals surface area (Å²) in [5, 5.41) is 5.12. The summed E-state index contributed by atoms with van der Waals surface area (Å²) in [5.41, 5.74) is 1.18. The van der Waals surface area contributed by atoms with E-state index in [0.717, 1.165) is 6.42 Å². The van der Waals surface area contributed by atoms with Crippen LogP contribution in [0.3, 0.4) is 0 Å². The summed E-state index contributed by atoms with van der Waals surface area (Å²) < 4.78 is 4.79. The van der Waals surface area contributed by atoms with Gasteiger partial charge in [0.15, 0.2) is 0 Å². The monoisotopic (exact) mass is 243 g/mol. The molecule has 0 bridgehead atoms. The van der Waals surface area contributed by atoms with Crippen LogP contribution in [-0.4, -0.2) is 19.7 Å². The topological polar surface area (TPSA) is 38.3 Å². The van der Waals surface area contributed by atoms with Gasteiger partial charge in [-0.25, -0.2) is 0 Å². The molecule has 0 aromatic heterocycles. The molecule has 3 nitrogen and oxygen atoms in total. The van der Waals surface area contributed by atoms with Crippen molar-refractivity contribution >= 4 is 16.7 Å². The molecule has 0 saturated heterocycles. The summed E-state index contributed by atoms with van der Waals surface area (Å²) >= 11 is 0. The minimum Gasteiger partial charge on any atom is -0.364 e. The maximum Gasteiger partial charge on any atom is 0.222 e. The molecule has 18 heavy (non-hydrogen) atoms. The van der Waals surface area contributed by atoms with Gasteiger partial charge in [0.25, 0.3) is 0 Å². The lowest BCUT2D eigenvalue weighted by Crippen LogP contribution is -2.25. The van der Waals surface area contributed by atoms with Gasteiger partial charge in [-0.15, -0.1) is 0 Å². The van der Waals surface area contributed by atoms with Gasteiger partial charge >= 0.3 is 0 Å². The van der Waals surface area contributed by atoms with Crippen LogP contribution in [-0.2, 0) is 16.0 Å². The van der Waals surface area contributed by atoms with Crippen molar-refractivity contribution in [3.63, 3.8) is 0 Å². The Morgan fingerprint density at radius 2 is 1.94 bits per heavy atom. The third-order valence-corrected chi connectivity index (χ3v) is 2.87. The number of carbonyl (C=O) groups excluding carboxylic acids is 1. The normalized spacial score (nSPS) is 10.5. The molecule has 0 heterocycles. The molecule has 0 aliphatic carbocycles. The second-order valence-electron chi connectivity index (χ2n) is 4.21. The van der Waals surface area contributed by atoms with Crippen molar-refractivity contribution in [3.8, 4) is 0 Å². The van der Waals surface area contributed by atoms with Crippen LogP contribution < -0.4 is 5.32 Å². The maximum absolute atomic E-state index is 11.4. The fourth-order valence-corrected chi connectivity index (χ4v) is 1.89. The minimum absolute atomic E-state index is 0.0185. The van der Waals surface area contributed by atoms with E-state index in [2.05, 4.69) is 35.6 Å². The largest absolute Gasteiger partial charge is 0.364 e. The number of hydrogen-bond donors (Lipinski definition) is 1.